The lowest BCUT2D eigenvalue weighted by Crippen LogP contribution is -2.42. The molecule has 1 aromatic heterocycles. The van der Waals surface area contributed by atoms with Crippen molar-refractivity contribution in [2.75, 3.05) is 0 Å². The van der Waals surface area contributed by atoms with Crippen LogP contribution in [-0.4, -0.2) is 15.0 Å². The predicted molar refractivity (Wildman–Crippen MR) is 222 cm³/mol. The third-order valence-corrected chi connectivity index (χ3v) is 13.7. The summed E-state index contributed by atoms with van der Waals surface area (Å²) in [6.45, 7) is 4.93. The first-order valence-electron chi connectivity index (χ1n) is 20.6. The summed E-state index contributed by atoms with van der Waals surface area (Å²) >= 11 is 0. The van der Waals surface area contributed by atoms with Gasteiger partial charge in [0.1, 0.15) is 0 Å². The van der Waals surface area contributed by atoms with Crippen molar-refractivity contribution < 1.29 is 0 Å². The van der Waals surface area contributed by atoms with Crippen LogP contribution in [0.2, 0.25) is 0 Å². The molecule has 55 heavy (non-hydrogen) atoms. The van der Waals surface area contributed by atoms with E-state index < -0.39 is 0 Å². The molecule has 4 aliphatic rings. The fraction of sp³-hybridized carbons (Fsp3) is 0.333. The number of fused-ring (bicyclic) bond motifs is 7. The molecule has 0 radical (unpaired) electrons. The maximum atomic E-state index is 9.47. The second-order valence-corrected chi connectivity index (χ2v) is 17.5. The molecule has 3 fully saturated rings. The van der Waals surface area contributed by atoms with Crippen molar-refractivity contribution in [3.05, 3.63) is 138 Å². The van der Waals surface area contributed by atoms with E-state index in [1.807, 2.05) is 24.3 Å². The zero-order chi connectivity index (χ0) is 37.1. The van der Waals surface area contributed by atoms with Crippen LogP contribution in [-0.2, 0) is 10.8 Å². The summed E-state index contributed by atoms with van der Waals surface area (Å²) in [5, 5.41) is 9.47. The van der Waals surface area contributed by atoms with E-state index in [2.05, 4.69) is 111 Å². The zero-order valence-electron chi connectivity index (χ0n) is 32.1. The normalized spacial score (nSPS) is 23.5. The largest absolute Gasteiger partial charge is 0.208 e. The van der Waals surface area contributed by atoms with Gasteiger partial charge in [-0.2, -0.15) is 5.26 Å². The molecule has 6 aromatic rings. The Morgan fingerprint density at radius 3 is 1.71 bits per heavy atom. The first kappa shape index (κ1) is 34.1. The Labute approximate surface area is 325 Å². The molecule has 5 aromatic carbocycles. The summed E-state index contributed by atoms with van der Waals surface area (Å²) in [5.41, 5.74) is 13.4. The maximum absolute atomic E-state index is 9.47. The molecule has 0 amide bonds. The summed E-state index contributed by atoms with van der Waals surface area (Å²) in [4.78, 5) is 15.3. The lowest BCUT2D eigenvalue weighted by atomic mass is 9.54. The first-order valence-corrected chi connectivity index (χ1v) is 20.6. The van der Waals surface area contributed by atoms with E-state index in [1.54, 1.807) is 0 Å². The molecule has 272 valence electrons. The molecule has 0 N–H and O–H groups in total. The number of hydrogen-bond donors (Lipinski definition) is 0. The molecular formula is C51H48N4. The summed E-state index contributed by atoms with van der Waals surface area (Å²) in [6.07, 6.45) is 12.9. The Bertz CT molecular complexity index is 2410. The Morgan fingerprint density at radius 1 is 0.545 bits per heavy atom. The van der Waals surface area contributed by atoms with Crippen molar-refractivity contribution >= 4 is 0 Å². The van der Waals surface area contributed by atoms with Crippen molar-refractivity contribution in [1.82, 2.24) is 15.0 Å². The van der Waals surface area contributed by atoms with Gasteiger partial charge in [0.2, 0.25) is 0 Å². The quantitative estimate of drug-likeness (QED) is 0.178. The number of aromatic nitrogens is 3. The molecule has 4 atom stereocenters. The van der Waals surface area contributed by atoms with Gasteiger partial charge in [0.15, 0.2) is 17.5 Å². The summed E-state index contributed by atoms with van der Waals surface area (Å²) < 4.78 is 0. The number of rotatable bonds is 5. The van der Waals surface area contributed by atoms with Crippen LogP contribution in [0.1, 0.15) is 100 Å². The highest BCUT2D eigenvalue weighted by Gasteiger charge is 2.45. The Balaban J connectivity index is 1.01. The molecule has 1 unspecified atom stereocenters. The van der Waals surface area contributed by atoms with Crippen LogP contribution in [0.15, 0.2) is 115 Å². The van der Waals surface area contributed by atoms with Crippen LogP contribution >= 0.6 is 0 Å². The number of nitrogens with zero attached hydrogens (tertiary/aromatic N) is 4. The Morgan fingerprint density at radius 2 is 1.07 bits per heavy atom. The number of hydrogen-bond acceptors (Lipinski definition) is 4. The van der Waals surface area contributed by atoms with E-state index in [-0.39, 0.29) is 5.41 Å². The second-order valence-electron chi connectivity index (χ2n) is 17.5. The molecule has 0 aliphatic heterocycles. The molecule has 4 nitrogen and oxygen atoms in total. The predicted octanol–water partition coefficient (Wildman–Crippen LogP) is 12.7. The van der Waals surface area contributed by atoms with Crippen molar-refractivity contribution in [2.24, 2.45) is 17.8 Å². The van der Waals surface area contributed by atoms with Gasteiger partial charge in [-0.25, -0.2) is 15.0 Å². The SMILES string of the molecule is C[C@@H]1C[C@@H]2C[C@H](C)CC(c3ccc(-c4ccc(-c5nc(-c6ccc(C#N)cc6)nc(-c6ccc7c(c6)C6(CCCCC6)c6ccccc6-7)n5)cc4)cc3)(C1)C2. The smallest absolute Gasteiger partial charge is 0.164 e. The molecule has 1 heterocycles. The van der Waals surface area contributed by atoms with E-state index >= 15 is 0 Å². The van der Waals surface area contributed by atoms with Gasteiger partial charge in [-0.3, -0.25) is 0 Å². The second kappa shape index (κ2) is 13.4. The lowest BCUT2D eigenvalue weighted by Gasteiger charge is -2.50. The van der Waals surface area contributed by atoms with Crippen LogP contribution in [0.4, 0.5) is 0 Å². The van der Waals surface area contributed by atoms with Gasteiger partial charge >= 0.3 is 0 Å². The summed E-state index contributed by atoms with van der Waals surface area (Å²) in [6, 6.07) is 43.9. The van der Waals surface area contributed by atoms with Gasteiger partial charge in [0, 0.05) is 22.1 Å². The van der Waals surface area contributed by atoms with Gasteiger partial charge in [-0.05, 0) is 137 Å². The summed E-state index contributed by atoms with van der Waals surface area (Å²) in [5.74, 6) is 4.41. The monoisotopic (exact) mass is 716 g/mol. The van der Waals surface area contributed by atoms with E-state index in [4.69, 9.17) is 15.0 Å². The Hall–Kier alpha value is -5.40. The van der Waals surface area contributed by atoms with E-state index in [0.717, 1.165) is 34.4 Å². The molecule has 0 saturated heterocycles. The minimum Gasteiger partial charge on any atom is -0.208 e. The molecular weight excluding hydrogens is 669 g/mol. The maximum Gasteiger partial charge on any atom is 0.164 e. The third kappa shape index (κ3) is 5.91. The van der Waals surface area contributed by atoms with Crippen LogP contribution in [0.3, 0.4) is 0 Å². The average molecular weight is 717 g/mol. The highest BCUT2D eigenvalue weighted by atomic mass is 15.0. The van der Waals surface area contributed by atoms with Gasteiger partial charge in [-0.15, -0.1) is 0 Å². The highest BCUT2D eigenvalue weighted by Crippen LogP contribution is 2.57. The third-order valence-electron chi connectivity index (χ3n) is 13.7. The lowest BCUT2D eigenvalue weighted by molar-refractivity contribution is 0.0780. The minimum atomic E-state index is 0.0474. The molecule has 1 spiro atoms. The van der Waals surface area contributed by atoms with Gasteiger partial charge in [0.05, 0.1) is 11.6 Å². The molecule has 4 aliphatic carbocycles. The molecule has 2 bridgehead atoms. The Kier molecular flexibility index (Phi) is 8.32. The standard InChI is InChI=1S/C51H48N4/c1-33-26-36-27-34(2)30-50(29-33,31-36)42-21-18-38(19-22-42)37-14-16-40(17-15-37)48-53-47(39-12-10-35(32-52)11-13-39)54-49(55-48)41-20-23-44-43-8-4-5-9-45(43)51(46(44)28-41)24-6-3-7-25-51/h4-5,8-23,28,33-34,36H,3,6-7,24-27,29-31H2,1-2H3/t33-,34+,36-,50?. The number of nitriles is 1. The summed E-state index contributed by atoms with van der Waals surface area (Å²) in [7, 11) is 0. The minimum absolute atomic E-state index is 0.0474. The van der Waals surface area contributed by atoms with Gasteiger partial charge in [-0.1, -0.05) is 118 Å². The zero-order valence-corrected chi connectivity index (χ0v) is 32.1. The van der Waals surface area contributed by atoms with Crippen LogP contribution in [0.5, 0.6) is 0 Å². The van der Waals surface area contributed by atoms with Crippen molar-refractivity contribution in [3.63, 3.8) is 0 Å². The fourth-order valence-electron chi connectivity index (χ4n) is 11.6. The topological polar surface area (TPSA) is 62.5 Å². The van der Waals surface area contributed by atoms with Crippen LogP contribution < -0.4 is 0 Å². The highest BCUT2D eigenvalue weighted by molar-refractivity contribution is 5.83. The number of benzene rings is 5. The van der Waals surface area contributed by atoms with Gasteiger partial charge < -0.3 is 0 Å². The molecule has 10 rings (SSSR count). The van der Waals surface area contributed by atoms with E-state index in [0.29, 0.717) is 28.5 Å². The van der Waals surface area contributed by atoms with Crippen LogP contribution in [0.25, 0.3) is 56.4 Å². The van der Waals surface area contributed by atoms with Crippen molar-refractivity contribution in [3.8, 4) is 62.5 Å². The van der Waals surface area contributed by atoms with Crippen molar-refractivity contribution in [1.29, 1.82) is 5.26 Å². The molecule has 3 saturated carbocycles. The van der Waals surface area contributed by atoms with Crippen LogP contribution in [0, 0.1) is 29.1 Å². The van der Waals surface area contributed by atoms with Gasteiger partial charge in [0.25, 0.3) is 0 Å². The fourth-order valence-corrected chi connectivity index (χ4v) is 11.6. The average Bonchev–Trinajstić information content (AvgIpc) is 3.48. The van der Waals surface area contributed by atoms with E-state index in [9.17, 15) is 5.26 Å². The van der Waals surface area contributed by atoms with E-state index in [1.165, 1.54) is 103 Å². The molecule has 4 heteroatoms. The first-order chi connectivity index (χ1) is 26.9. The van der Waals surface area contributed by atoms with Crippen molar-refractivity contribution in [2.45, 2.75) is 88.9 Å².